The number of anilines is 1. The molecule has 19 heavy (non-hydrogen) atoms. The zero-order chi connectivity index (χ0) is 12.9. The number of benzene rings is 1. The van der Waals surface area contributed by atoms with E-state index in [0.29, 0.717) is 0 Å². The number of pyridine rings is 1. The van der Waals surface area contributed by atoms with Crippen LogP contribution >= 0.6 is 0 Å². The van der Waals surface area contributed by atoms with Crippen LogP contribution < -0.4 is 5.32 Å². The molecule has 0 amide bonds. The quantitative estimate of drug-likeness (QED) is 0.773. The van der Waals surface area contributed by atoms with E-state index in [0.717, 1.165) is 29.7 Å². The van der Waals surface area contributed by atoms with E-state index >= 15 is 0 Å². The van der Waals surface area contributed by atoms with E-state index in [1.807, 2.05) is 48.8 Å². The summed E-state index contributed by atoms with van der Waals surface area (Å²) in [4.78, 5) is 12.6. The fraction of sp³-hybridized carbons (Fsp3) is 0.133. The van der Waals surface area contributed by atoms with Gasteiger partial charge in [-0.2, -0.15) is 0 Å². The number of aromatic nitrogens is 3. The molecule has 0 saturated carbocycles. The number of nitrogens with zero attached hydrogens (tertiary/aromatic N) is 3. The van der Waals surface area contributed by atoms with E-state index in [-0.39, 0.29) is 0 Å². The Kier molecular flexibility index (Phi) is 3.32. The third kappa shape index (κ3) is 2.68. The van der Waals surface area contributed by atoms with Crippen molar-refractivity contribution in [1.82, 2.24) is 15.0 Å². The summed E-state index contributed by atoms with van der Waals surface area (Å²) in [5.41, 5.74) is 2.23. The Bertz CT molecular complexity index is 662. The average Bonchev–Trinajstić information content (AvgIpc) is 2.49. The first-order chi connectivity index (χ1) is 9.43. The summed E-state index contributed by atoms with van der Waals surface area (Å²) >= 11 is 0. The topological polar surface area (TPSA) is 50.7 Å². The summed E-state index contributed by atoms with van der Waals surface area (Å²) in [5.74, 6) is 0.889. The van der Waals surface area contributed by atoms with Gasteiger partial charge < -0.3 is 5.32 Å². The van der Waals surface area contributed by atoms with Crippen LogP contribution in [0.3, 0.4) is 0 Å². The molecular formula is C15H14N4. The highest BCUT2D eigenvalue weighted by molar-refractivity contribution is 5.88. The molecule has 0 spiro atoms. The van der Waals surface area contributed by atoms with Crippen LogP contribution in [0.15, 0.2) is 55.1 Å². The van der Waals surface area contributed by atoms with Crippen molar-refractivity contribution in [2.24, 2.45) is 0 Å². The zero-order valence-corrected chi connectivity index (χ0v) is 10.5. The maximum Gasteiger partial charge on any atom is 0.137 e. The fourth-order valence-corrected chi connectivity index (χ4v) is 2.02. The molecule has 0 unspecified atom stereocenters. The van der Waals surface area contributed by atoms with E-state index in [9.17, 15) is 0 Å². The third-order valence-corrected chi connectivity index (χ3v) is 3.00. The number of nitrogens with one attached hydrogen (secondary N) is 1. The number of hydrogen-bond acceptors (Lipinski definition) is 4. The molecule has 2 aromatic heterocycles. The minimum atomic E-state index is 0.838. The number of para-hydroxylation sites is 1. The lowest BCUT2D eigenvalue weighted by molar-refractivity contribution is 1.000. The Morgan fingerprint density at radius 3 is 2.68 bits per heavy atom. The zero-order valence-electron chi connectivity index (χ0n) is 10.5. The van der Waals surface area contributed by atoms with E-state index in [2.05, 4.69) is 20.3 Å². The maximum absolute atomic E-state index is 4.30. The van der Waals surface area contributed by atoms with Crippen molar-refractivity contribution in [3.05, 3.63) is 60.7 Å². The van der Waals surface area contributed by atoms with Crippen molar-refractivity contribution in [3.63, 3.8) is 0 Å². The molecule has 4 heteroatoms. The van der Waals surface area contributed by atoms with Crippen LogP contribution in [0.1, 0.15) is 5.56 Å². The van der Waals surface area contributed by atoms with Crippen molar-refractivity contribution in [3.8, 4) is 0 Å². The summed E-state index contributed by atoms with van der Waals surface area (Å²) in [6.07, 6.45) is 6.17. The van der Waals surface area contributed by atoms with E-state index in [4.69, 9.17) is 0 Å². The fourth-order valence-electron chi connectivity index (χ4n) is 2.02. The molecule has 1 aromatic carbocycles. The lowest BCUT2D eigenvalue weighted by Gasteiger charge is -2.07. The minimum Gasteiger partial charge on any atom is -0.369 e. The molecule has 0 fully saturated rings. The van der Waals surface area contributed by atoms with Gasteiger partial charge in [0.1, 0.15) is 12.1 Å². The second kappa shape index (κ2) is 5.44. The average molecular weight is 250 g/mol. The van der Waals surface area contributed by atoms with Crippen molar-refractivity contribution < 1.29 is 0 Å². The normalized spacial score (nSPS) is 10.5. The van der Waals surface area contributed by atoms with Gasteiger partial charge in [-0.3, -0.25) is 4.98 Å². The summed E-state index contributed by atoms with van der Waals surface area (Å²) in [6, 6.07) is 12.1. The van der Waals surface area contributed by atoms with Crippen molar-refractivity contribution in [2.45, 2.75) is 6.42 Å². The van der Waals surface area contributed by atoms with Gasteiger partial charge in [0, 0.05) is 24.3 Å². The first-order valence-corrected chi connectivity index (χ1v) is 6.26. The van der Waals surface area contributed by atoms with E-state index < -0.39 is 0 Å². The lowest BCUT2D eigenvalue weighted by Crippen LogP contribution is -2.07. The molecule has 0 aliphatic rings. The van der Waals surface area contributed by atoms with Gasteiger partial charge in [-0.1, -0.05) is 12.1 Å². The van der Waals surface area contributed by atoms with Gasteiger partial charge in [0.15, 0.2) is 0 Å². The van der Waals surface area contributed by atoms with Crippen molar-refractivity contribution in [1.29, 1.82) is 0 Å². The summed E-state index contributed by atoms with van der Waals surface area (Å²) < 4.78 is 0. The molecule has 3 aromatic rings. The van der Waals surface area contributed by atoms with Gasteiger partial charge >= 0.3 is 0 Å². The lowest BCUT2D eigenvalue weighted by atomic mass is 10.2. The molecule has 0 aliphatic heterocycles. The smallest absolute Gasteiger partial charge is 0.137 e. The predicted molar refractivity (Wildman–Crippen MR) is 76.0 cm³/mol. The van der Waals surface area contributed by atoms with Crippen LogP contribution in [0.2, 0.25) is 0 Å². The molecule has 4 nitrogen and oxygen atoms in total. The van der Waals surface area contributed by atoms with Crippen LogP contribution in [-0.2, 0) is 6.42 Å². The summed E-state index contributed by atoms with van der Waals surface area (Å²) in [5, 5.41) is 4.42. The predicted octanol–water partition coefficient (Wildman–Crippen LogP) is 2.68. The van der Waals surface area contributed by atoms with Gasteiger partial charge in [0.25, 0.3) is 0 Å². The van der Waals surface area contributed by atoms with Gasteiger partial charge in [0.05, 0.1) is 5.52 Å². The highest BCUT2D eigenvalue weighted by Gasteiger charge is 2.01. The molecule has 94 valence electrons. The van der Waals surface area contributed by atoms with Gasteiger partial charge in [0.2, 0.25) is 0 Å². The first-order valence-electron chi connectivity index (χ1n) is 6.26. The van der Waals surface area contributed by atoms with Crippen molar-refractivity contribution in [2.75, 3.05) is 11.9 Å². The molecule has 0 aliphatic carbocycles. The highest BCUT2D eigenvalue weighted by atomic mass is 15.0. The first kappa shape index (κ1) is 11.6. The molecule has 0 atom stereocenters. The van der Waals surface area contributed by atoms with Gasteiger partial charge in [-0.05, 0) is 36.2 Å². The monoisotopic (exact) mass is 250 g/mol. The molecule has 1 N–H and O–H groups in total. The maximum atomic E-state index is 4.30. The van der Waals surface area contributed by atoms with Crippen LogP contribution in [0, 0.1) is 0 Å². The Morgan fingerprint density at radius 1 is 0.947 bits per heavy atom. The molecule has 0 radical (unpaired) electrons. The third-order valence-electron chi connectivity index (χ3n) is 3.00. The highest BCUT2D eigenvalue weighted by Crippen LogP contribution is 2.18. The summed E-state index contributed by atoms with van der Waals surface area (Å²) in [7, 11) is 0. The Labute approximate surface area is 111 Å². The second-order valence-electron chi connectivity index (χ2n) is 4.27. The number of rotatable bonds is 4. The van der Waals surface area contributed by atoms with Gasteiger partial charge in [-0.25, -0.2) is 9.97 Å². The van der Waals surface area contributed by atoms with E-state index in [1.165, 1.54) is 5.56 Å². The molecule has 0 bridgehead atoms. The molecular weight excluding hydrogens is 236 g/mol. The van der Waals surface area contributed by atoms with Crippen LogP contribution in [-0.4, -0.2) is 21.5 Å². The Morgan fingerprint density at radius 2 is 1.79 bits per heavy atom. The summed E-state index contributed by atoms with van der Waals surface area (Å²) in [6.45, 7) is 0.838. The largest absolute Gasteiger partial charge is 0.369 e. The van der Waals surface area contributed by atoms with E-state index in [1.54, 1.807) is 6.33 Å². The van der Waals surface area contributed by atoms with Crippen LogP contribution in [0.4, 0.5) is 5.82 Å². The Hall–Kier alpha value is -2.49. The molecule has 2 heterocycles. The van der Waals surface area contributed by atoms with Crippen LogP contribution in [0.5, 0.6) is 0 Å². The SMILES string of the molecule is c1ccc2c(NCCc3ccncc3)ncnc2c1. The molecule has 0 saturated heterocycles. The standard InChI is InChI=1S/C15H14N4/c1-2-4-14-13(3-1)15(19-11-18-14)17-10-7-12-5-8-16-9-6-12/h1-6,8-9,11H,7,10H2,(H,17,18,19). The Balaban J connectivity index is 1.72. The van der Waals surface area contributed by atoms with Crippen molar-refractivity contribution >= 4 is 16.7 Å². The minimum absolute atomic E-state index is 0.838. The second-order valence-corrected chi connectivity index (χ2v) is 4.27. The number of hydrogen-bond donors (Lipinski definition) is 1. The molecule has 3 rings (SSSR count). The van der Waals surface area contributed by atoms with Crippen LogP contribution in [0.25, 0.3) is 10.9 Å². The van der Waals surface area contributed by atoms with Gasteiger partial charge in [-0.15, -0.1) is 0 Å². The number of fused-ring (bicyclic) bond motifs is 1.